The zero-order valence-corrected chi connectivity index (χ0v) is 15.5. The number of thiophene rings is 1. The van der Waals surface area contributed by atoms with Gasteiger partial charge in [0.15, 0.2) is 0 Å². The summed E-state index contributed by atoms with van der Waals surface area (Å²) in [5.74, 6) is 0.824. The van der Waals surface area contributed by atoms with Crippen LogP contribution in [0.5, 0.6) is 0 Å². The first-order valence-electron chi connectivity index (χ1n) is 8.49. The molecule has 0 saturated carbocycles. The maximum atomic E-state index is 12.8. The Morgan fingerprint density at radius 2 is 2.04 bits per heavy atom. The Bertz CT molecular complexity index is 689. The molecule has 1 aliphatic heterocycles. The van der Waals surface area contributed by atoms with E-state index in [0.717, 1.165) is 55.0 Å². The minimum Gasteiger partial charge on any atom is -0.339 e. The fraction of sp³-hybridized carbons (Fsp3) is 0.474. The first-order valence-corrected chi connectivity index (χ1v) is 9.43. The van der Waals surface area contributed by atoms with Crippen molar-refractivity contribution in [3.05, 3.63) is 40.2 Å². The molecule has 3 rings (SSSR count). The lowest BCUT2D eigenvalue weighted by molar-refractivity contribution is 0.0677. The summed E-state index contributed by atoms with van der Waals surface area (Å²) in [6.45, 7) is 4.74. The predicted molar refractivity (Wildman–Crippen MR) is 99.5 cm³/mol. The molecule has 1 amide bonds. The second kappa shape index (κ2) is 7.45. The first kappa shape index (κ1) is 17.1. The standard InChI is InChI=1S/C19H25N3OS/c1-14-17(4-5-18(20-14)16-8-11-24-13-16)19(23)22-9-6-15(7-10-22)12-21(2)3/h4-5,8,11,13,15H,6-7,9-10,12H2,1-3H3. The smallest absolute Gasteiger partial charge is 0.255 e. The van der Waals surface area contributed by atoms with E-state index in [-0.39, 0.29) is 5.91 Å². The third kappa shape index (κ3) is 3.84. The predicted octanol–water partition coefficient (Wildman–Crippen LogP) is 3.53. The Hall–Kier alpha value is -1.72. The lowest BCUT2D eigenvalue weighted by Gasteiger charge is -2.33. The van der Waals surface area contributed by atoms with Crippen LogP contribution in [0.1, 0.15) is 28.9 Å². The molecule has 2 aromatic heterocycles. The fourth-order valence-corrected chi connectivity index (χ4v) is 4.01. The topological polar surface area (TPSA) is 36.4 Å². The van der Waals surface area contributed by atoms with Gasteiger partial charge in [-0.05, 0) is 63.4 Å². The van der Waals surface area contributed by atoms with Gasteiger partial charge < -0.3 is 9.80 Å². The van der Waals surface area contributed by atoms with Crippen LogP contribution in [0.4, 0.5) is 0 Å². The number of carbonyl (C=O) groups excluding carboxylic acids is 1. The molecule has 0 radical (unpaired) electrons. The molecule has 0 aromatic carbocycles. The molecule has 0 spiro atoms. The highest BCUT2D eigenvalue weighted by Crippen LogP contribution is 2.24. The molecule has 0 unspecified atom stereocenters. The lowest BCUT2D eigenvalue weighted by Crippen LogP contribution is -2.40. The summed E-state index contributed by atoms with van der Waals surface area (Å²) in [6.07, 6.45) is 2.17. The van der Waals surface area contributed by atoms with Crippen molar-refractivity contribution in [1.82, 2.24) is 14.8 Å². The van der Waals surface area contributed by atoms with E-state index < -0.39 is 0 Å². The van der Waals surface area contributed by atoms with Gasteiger partial charge in [-0.15, -0.1) is 0 Å². The zero-order valence-electron chi connectivity index (χ0n) is 14.7. The molecule has 3 heterocycles. The van der Waals surface area contributed by atoms with E-state index in [4.69, 9.17) is 0 Å². The summed E-state index contributed by atoms with van der Waals surface area (Å²) >= 11 is 1.66. The minimum absolute atomic E-state index is 0.125. The number of carbonyl (C=O) groups is 1. The van der Waals surface area contributed by atoms with E-state index in [1.54, 1.807) is 11.3 Å². The Morgan fingerprint density at radius 1 is 1.29 bits per heavy atom. The van der Waals surface area contributed by atoms with Gasteiger partial charge in [0.1, 0.15) is 0 Å². The number of hydrogen-bond acceptors (Lipinski definition) is 4. The van der Waals surface area contributed by atoms with E-state index in [2.05, 4.69) is 35.4 Å². The number of pyridine rings is 1. The number of hydrogen-bond donors (Lipinski definition) is 0. The van der Waals surface area contributed by atoms with Gasteiger partial charge in [-0.3, -0.25) is 9.78 Å². The van der Waals surface area contributed by atoms with E-state index in [0.29, 0.717) is 5.92 Å². The van der Waals surface area contributed by atoms with E-state index >= 15 is 0 Å². The molecule has 128 valence electrons. The molecule has 0 atom stereocenters. The lowest BCUT2D eigenvalue weighted by atomic mass is 9.96. The fourth-order valence-electron chi connectivity index (χ4n) is 3.36. The van der Waals surface area contributed by atoms with Crippen molar-refractivity contribution in [3.8, 4) is 11.3 Å². The van der Waals surface area contributed by atoms with Crippen molar-refractivity contribution in [1.29, 1.82) is 0 Å². The van der Waals surface area contributed by atoms with Crippen molar-refractivity contribution < 1.29 is 4.79 Å². The molecule has 1 aliphatic rings. The van der Waals surface area contributed by atoms with Crippen LogP contribution in [-0.4, -0.2) is 54.4 Å². The van der Waals surface area contributed by atoms with Crippen LogP contribution in [0.3, 0.4) is 0 Å². The van der Waals surface area contributed by atoms with Gasteiger partial charge in [-0.25, -0.2) is 0 Å². The van der Waals surface area contributed by atoms with E-state index in [9.17, 15) is 4.79 Å². The van der Waals surface area contributed by atoms with Crippen LogP contribution in [0.15, 0.2) is 29.0 Å². The molecule has 24 heavy (non-hydrogen) atoms. The van der Waals surface area contributed by atoms with Gasteiger partial charge >= 0.3 is 0 Å². The van der Waals surface area contributed by atoms with Crippen LogP contribution in [0.2, 0.25) is 0 Å². The van der Waals surface area contributed by atoms with E-state index in [1.165, 1.54) is 0 Å². The van der Waals surface area contributed by atoms with Crippen LogP contribution < -0.4 is 0 Å². The van der Waals surface area contributed by atoms with Crippen LogP contribution in [0, 0.1) is 12.8 Å². The number of piperidine rings is 1. The average Bonchev–Trinajstić information content (AvgIpc) is 3.09. The maximum Gasteiger partial charge on any atom is 0.255 e. The van der Waals surface area contributed by atoms with E-state index in [1.807, 2.05) is 29.3 Å². The molecule has 4 nitrogen and oxygen atoms in total. The number of likely N-dealkylation sites (tertiary alicyclic amines) is 1. The van der Waals surface area contributed by atoms with Crippen LogP contribution in [-0.2, 0) is 0 Å². The molecule has 5 heteroatoms. The van der Waals surface area contributed by atoms with Crippen molar-refractivity contribution >= 4 is 17.2 Å². The summed E-state index contributed by atoms with van der Waals surface area (Å²) in [5, 5.41) is 4.13. The average molecular weight is 343 g/mol. The van der Waals surface area contributed by atoms with Crippen LogP contribution in [0.25, 0.3) is 11.3 Å². The zero-order chi connectivity index (χ0) is 17.1. The number of rotatable bonds is 4. The Labute approximate surface area is 148 Å². The normalized spacial score (nSPS) is 15.9. The SMILES string of the molecule is Cc1nc(-c2ccsc2)ccc1C(=O)N1CCC(CN(C)C)CC1. The van der Waals surface area contributed by atoms with Crippen molar-refractivity contribution in [2.24, 2.45) is 5.92 Å². The van der Waals surface area contributed by atoms with Crippen LogP contribution >= 0.6 is 11.3 Å². The van der Waals surface area contributed by atoms with Gasteiger partial charge in [0, 0.05) is 30.6 Å². The molecule has 0 N–H and O–H groups in total. The monoisotopic (exact) mass is 343 g/mol. The van der Waals surface area contributed by atoms with Gasteiger partial charge in [0.2, 0.25) is 0 Å². The summed E-state index contributed by atoms with van der Waals surface area (Å²) in [5.41, 5.74) is 3.61. The number of nitrogens with zero attached hydrogens (tertiary/aromatic N) is 3. The second-order valence-electron chi connectivity index (χ2n) is 6.84. The van der Waals surface area contributed by atoms with Crippen molar-refractivity contribution in [3.63, 3.8) is 0 Å². The number of amides is 1. The Kier molecular flexibility index (Phi) is 5.31. The van der Waals surface area contributed by atoms with Gasteiger partial charge in [0.05, 0.1) is 17.0 Å². The summed E-state index contributed by atoms with van der Waals surface area (Å²) in [6, 6.07) is 5.95. The number of aryl methyl sites for hydroxylation is 1. The minimum atomic E-state index is 0.125. The van der Waals surface area contributed by atoms with Gasteiger partial charge in [-0.1, -0.05) is 0 Å². The molecular weight excluding hydrogens is 318 g/mol. The highest BCUT2D eigenvalue weighted by molar-refractivity contribution is 7.08. The molecule has 2 aromatic rings. The first-order chi connectivity index (χ1) is 11.5. The summed E-state index contributed by atoms with van der Waals surface area (Å²) < 4.78 is 0. The maximum absolute atomic E-state index is 12.8. The summed E-state index contributed by atoms with van der Waals surface area (Å²) in [4.78, 5) is 21.7. The number of aromatic nitrogens is 1. The van der Waals surface area contributed by atoms with Gasteiger partial charge in [-0.2, -0.15) is 11.3 Å². The molecular formula is C19H25N3OS. The quantitative estimate of drug-likeness (QED) is 0.852. The third-order valence-electron chi connectivity index (χ3n) is 4.66. The summed E-state index contributed by atoms with van der Waals surface area (Å²) in [7, 11) is 4.23. The molecule has 1 saturated heterocycles. The van der Waals surface area contributed by atoms with Crippen molar-refractivity contribution in [2.45, 2.75) is 19.8 Å². The Morgan fingerprint density at radius 3 is 2.62 bits per heavy atom. The third-order valence-corrected chi connectivity index (χ3v) is 5.34. The Balaban J connectivity index is 1.67. The second-order valence-corrected chi connectivity index (χ2v) is 7.62. The van der Waals surface area contributed by atoms with Gasteiger partial charge in [0.25, 0.3) is 5.91 Å². The van der Waals surface area contributed by atoms with Crippen molar-refractivity contribution in [2.75, 3.05) is 33.7 Å². The molecule has 0 bridgehead atoms. The highest BCUT2D eigenvalue weighted by atomic mass is 32.1. The molecule has 0 aliphatic carbocycles. The largest absolute Gasteiger partial charge is 0.339 e. The highest BCUT2D eigenvalue weighted by Gasteiger charge is 2.25. The molecule has 1 fully saturated rings.